The van der Waals surface area contributed by atoms with Crippen LogP contribution in [0.1, 0.15) is 24.0 Å². The summed E-state index contributed by atoms with van der Waals surface area (Å²) in [5.74, 6) is 1.03. The Labute approximate surface area is 359 Å². The summed E-state index contributed by atoms with van der Waals surface area (Å²) in [4.78, 5) is 27.6. The van der Waals surface area contributed by atoms with Gasteiger partial charge in [0.25, 0.3) is 20.2 Å². The van der Waals surface area contributed by atoms with E-state index in [-0.39, 0.29) is 58.2 Å². The highest BCUT2D eigenvalue weighted by Gasteiger charge is 2.19. The van der Waals surface area contributed by atoms with Crippen molar-refractivity contribution in [2.24, 2.45) is 5.73 Å². The van der Waals surface area contributed by atoms with E-state index >= 15 is 0 Å². The molecule has 0 bridgehead atoms. The van der Waals surface area contributed by atoms with Gasteiger partial charge in [0.05, 0.1) is 0 Å². The van der Waals surface area contributed by atoms with Gasteiger partial charge in [0, 0.05) is 35.8 Å². The molecule has 0 unspecified atom stereocenters. The first kappa shape index (κ1) is 44.7. The van der Waals surface area contributed by atoms with Crippen LogP contribution in [0.5, 0.6) is 0 Å². The van der Waals surface area contributed by atoms with E-state index in [2.05, 4.69) is 66.7 Å². The molecule has 0 aliphatic carbocycles. The minimum absolute atomic E-state index is 0.00185. The molecule has 0 fully saturated rings. The summed E-state index contributed by atoms with van der Waals surface area (Å²) >= 11 is 0. The van der Waals surface area contributed by atoms with Crippen LogP contribution in [0.15, 0.2) is 107 Å². The van der Waals surface area contributed by atoms with E-state index in [1.165, 1.54) is 48.6 Å². The number of nitrogens with zero attached hydrogens (tertiary/aromatic N) is 7. The van der Waals surface area contributed by atoms with E-state index < -0.39 is 30.0 Å². The lowest BCUT2D eigenvalue weighted by molar-refractivity contribution is 0.405. The molecule has 0 atom stereocenters. The summed E-state index contributed by atoms with van der Waals surface area (Å²) in [7, 11) is -5.72. The van der Waals surface area contributed by atoms with Gasteiger partial charge in [0.2, 0.25) is 35.7 Å². The van der Waals surface area contributed by atoms with Crippen molar-refractivity contribution in [3.63, 3.8) is 0 Å². The monoisotopic (exact) mass is 882 g/mol. The molecule has 10 N–H and O–H groups in total. The van der Waals surface area contributed by atoms with Crippen molar-refractivity contribution in [3.05, 3.63) is 108 Å². The lowest BCUT2D eigenvalue weighted by Gasteiger charge is -2.13. The number of nitrogens with two attached hydrogens (primary N) is 1. The Kier molecular flexibility index (Phi) is 14.9. The molecule has 324 valence electrons. The predicted molar refractivity (Wildman–Crippen MR) is 241 cm³/mol. The standard InChI is InChI=1S/C40H46N14O6S2/c1-54(2)24-10-23-43-36-49-38(45-30-13-7-4-8-14-30)53-40(51-36)47-32-20-18-28(34(26-32)62(58,59)60)16-15-27-17-19-31(25-33(27)61(55,56)57)46-39-50-35(42-22-9-21-41)48-37(52-39)44-29-11-5-3-6-12-29/h3-8,11-20,25-26H,9-10,21-24,41H2,1-2H3,(H,55,56,57)(H,58,59,60)(H3,42,44,46,48,50,52)(H3,43,45,47,49,51,53)/b16-15+. The SMILES string of the molecule is CN(C)CCCNc1nc(Nc2ccccc2)nc(Nc2ccc(/C=C/c3ccc(Nc4nc(NCCCN)nc(Nc5ccccc5)n4)cc3S(=O)(=O)O)c(S(=O)(=O)O)c2)n1. The van der Waals surface area contributed by atoms with Gasteiger partial charge >= 0.3 is 0 Å². The van der Waals surface area contributed by atoms with Crippen LogP contribution >= 0.6 is 0 Å². The fourth-order valence-electron chi connectivity index (χ4n) is 5.72. The highest BCUT2D eigenvalue weighted by molar-refractivity contribution is 7.86. The van der Waals surface area contributed by atoms with Crippen LogP contribution in [-0.4, -0.2) is 101 Å². The fraction of sp³-hybridized carbons (Fsp3) is 0.200. The third kappa shape index (κ3) is 13.3. The molecular formula is C40H46N14O6S2. The van der Waals surface area contributed by atoms with Crippen molar-refractivity contribution in [2.45, 2.75) is 22.6 Å². The number of hydrogen-bond acceptors (Lipinski definition) is 18. The number of nitrogens with one attached hydrogen (secondary N) is 6. The molecule has 62 heavy (non-hydrogen) atoms. The Hall–Kier alpha value is -6.82. The number of para-hydroxylation sites is 2. The fourth-order valence-corrected chi connectivity index (χ4v) is 7.14. The minimum Gasteiger partial charge on any atom is -0.354 e. The molecule has 0 saturated heterocycles. The number of aromatic nitrogens is 6. The molecule has 0 spiro atoms. The average Bonchev–Trinajstić information content (AvgIpc) is 3.22. The van der Waals surface area contributed by atoms with Crippen LogP contribution in [0, 0.1) is 0 Å². The van der Waals surface area contributed by atoms with Crippen molar-refractivity contribution in [1.29, 1.82) is 0 Å². The van der Waals surface area contributed by atoms with Crippen LogP contribution in [0.2, 0.25) is 0 Å². The summed E-state index contributed by atoms with van der Waals surface area (Å²) in [6.45, 7) is 2.34. The smallest absolute Gasteiger partial charge is 0.295 e. The Morgan fingerprint density at radius 3 is 1.27 bits per heavy atom. The molecule has 0 amide bonds. The van der Waals surface area contributed by atoms with E-state index in [1.807, 2.05) is 74.8 Å². The average molecular weight is 883 g/mol. The zero-order valence-electron chi connectivity index (χ0n) is 33.7. The number of hydrogen-bond donors (Lipinski definition) is 9. The summed E-state index contributed by atoms with van der Waals surface area (Å²) in [5, 5.41) is 18.4. The molecule has 6 rings (SSSR count). The van der Waals surface area contributed by atoms with Crippen LogP contribution in [-0.2, 0) is 20.2 Å². The first-order valence-electron chi connectivity index (χ1n) is 19.2. The van der Waals surface area contributed by atoms with E-state index in [1.54, 1.807) is 0 Å². The first-order chi connectivity index (χ1) is 29.7. The van der Waals surface area contributed by atoms with Crippen molar-refractivity contribution in [3.8, 4) is 0 Å². The molecule has 2 heterocycles. The van der Waals surface area contributed by atoms with Gasteiger partial charge < -0.3 is 42.5 Å². The lowest BCUT2D eigenvalue weighted by atomic mass is 10.1. The van der Waals surface area contributed by atoms with Crippen molar-refractivity contribution in [2.75, 3.05) is 72.2 Å². The highest BCUT2D eigenvalue weighted by Crippen LogP contribution is 2.29. The summed E-state index contributed by atoms with van der Waals surface area (Å²) < 4.78 is 71.3. The first-order valence-corrected chi connectivity index (χ1v) is 22.0. The summed E-state index contributed by atoms with van der Waals surface area (Å²) in [6, 6.07) is 26.6. The Bertz CT molecular complexity index is 2710. The van der Waals surface area contributed by atoms with Gasteiger partial charge in [-0.05, 0) is 99.7 Å². The zero-order valence-corrected chi connectivity index (χ0v) is 35.3. The maximum Gasteiger partial charge on any atom is 0.295 e. The van der Waals surface area contributed by atoms with Gasteiger partial charge in [-0.2, -0.15) is 46.7 Å². The number of anilines is 10. The molecule has 0 saturated carbocycles. The molecule has 6 aromatic rings. The summed E-state index contributed by atoms with van der Waals surface area (Å²) in [6.07, 6.45) is 4.04. The van der Waals surface area contributed by atoms with Crippen LogP contribution < -0.4 is 37.6 Å². The van der Waals surface area contributed by atoms with Crippen molar-refractivity contribution in [1.82, 2.24) is 34.8 Å². The molecule has 20 nitrogen and oxygen atoms in total. The van der Waals surface area contributed by atoms with E-state index in [9.17, 15) is 25.9 Å². The Balaban J connectivity index is 1.26. The minimum atomic E-state index is -4.83. The third-order valence-electron chi connectivity index (χ3n) is 8.60. The second-order valence-corrected chi connectivity index (χ2v) is 16.6. The van der Waals surface area contributed by atoms with Gasteiger partial charge in [-0.3, -0.25) is 9.11 Å². The molecule has 0 radical (unpaired) electrons. The summed E-state index contributed by atoms with van der Waals surface area (Å²) in [5.41, 5.74) is 7.49. The molecule has 4 aromatic carbocycles. The Morgan fingerprint density at radius 2 is 0.903 bits per heavy atom. The third-order valence-corrected chi connectivity index (χ3v) is 10.4. The van der Waals surface area contributed by atoms with Gasteiger partial charge in [0.15, 0.2) is 0 Å². The van der Waals surface area contributed by atoms with Crippen molar-refractivity contribution >= 4 is 90.8 Å². The number of benzene rings is 4. The van der Waals surface area contributed by atoms with Gasteiger partial charge in [-0.15, -0.1) is 0 Å². The maximum absolute atomic E-state index is 12.7. The lowest BCUT2D eigenvalue weighted by Crippen LogP contribution is -2.17. The van der Waals surface area contributed by atoms with E-state index in [4.69, 9.17) is 5.73 Å². The molecule has 0 aliphatic rings. The van der Waals surface area contributed by atoms with Crippen LogP contribution in [0.25, 0.3) is 12.2 Å². The second-order valence-electron chi connectivity index (χ2n) is 13.8. The zero-order chi connectivity index (χ0) is 44.1. The van der Waals surface area contributed by atoms with Crippen LogP contribution in [0.4, 0.5) is 58.4 Å². The second kappa shape index (κ2) is 20.6. The van der Waals surface area contributed by atoms with Crippen molar-refractivity contribution < 1.29 is 25.9 Å². The highest BCUT2D eigenvalue weighted by atomic mass is 32.2. The molecule has 22 heteroatoms. The van der Waals surface area contributed by atoms with Gasteiger partial charge in [-0.25, -0.2) is 0 Å². The molecular weight excluding hydrogens is 837 g/mol. The van der Waals surface area contributed by atoms with E-state index in [0.717, 1.165) is 18.7 Å². The normalized spacial score (nSPS) is 11.7. The molecule has 2 aromatic heterocycles. The van der Waals surface area contributed by atoms with E-state index in [0.29, 0.717) is 31.7 Å². The van der Waals surface area contributed by atoms with Crippen LogP contribution in [0.3, 0.4) is 0 Å². The largest absolute Gasteiger partial charge is 0.354 e. The topological polar surface area (TPSA) is 288 Å². The number of rotatable bonds is 21. The van der Waals surface area contributed by atoms with Gasteiger partial charge in [-0.1, -0.05) is 60.7 Å². The predicted octanol–water partition coefficient (Wildman–Crippen LogP) is 5.82. The maximum atomic E-state index is 12.7. The van der Waals surface area contributed by atoms with Gasteiger partial charge in [0.1, 0.15) is 9.79 Å². The Morgan fingerprint density at radius 1 is 0.532 bits per heavy atom. The molecule has 0 aliphatic heterocycles. The quantitative estimate of drug-likeness (QED) is 0.0234.